The first-order valence-corrected chi connectivity index (χ1v) is 7.91. The van der Waals surface area contributed by atoms with Gasteiger partial charge in [0.25, 0.3) is 0 Å². The maximum Gasteiger partial charge on any atom is 0.191 e. The van der Waals surface area contributed by atoms with Crippen molar-refractivity contribution in [3.63, 3.8) is 0 Å². The number of hydrogen-bond donors (Lipinski definition) is 3. The Kier molecular flexibility index (Phi) is 9.21. The van der Waals surface area contributed by atoms with Gasteiger partial charge in [-0.3, -0.25) is 5.10 Å². The lowest BCUT2D eigenvalue weighted by molar-refractivity contribution is 0.222. The molecule has 6 nitrogen and oxygen atoms in total. The maximum atomic E-state index is 5.96. The molecule has 1 heterocycles. The van der Waals surface area contributed by atoms with Crippen LogP contribution in [0.2, 0.25) is 0 Å². The van der Waals surface area contributed by atoms with Crippen molar-refractivity contribution in [2.45, 2.75) is 33.4 Å². The van der Waals surface area contributed by atoms with Gasteiger partial charge in [-0.25, -0.2) is 4.99 Å². The first kappa shape index (κ1) is 20.3. The summed E-state index contributed by atoms with van der Waals surface area (Å²) in [7, 11) is 0. The Morgan fingerprint density at radius 2 is 2.08 bits per heavy atom. The molecular formula is C17H26IN5O. The van der Waals surface area contributed by atoms with E-state index in [0.29, 0.717) is 13.1 Å². The monoisotopic (exact) mass is 443 g/mol. The number of aliphatic imine (C=N–C) groups is 1. The molecule has 0 aliphatic heterocycles. The molecule has 0 aliphatic carbocycles. The lowest BCUT2D eigenvalue weighted by atomic mass is 10.2. The number of hydrogen-bond acceptors (Lipinski definition) is 3. The van der Waals surface area contributed by atoms with Crippen LogP contribution < -0.4 is 15.4 Å². The number of benzene rings is 1. The SMILES string of the molecule is CCNC(=NCc1ccn[nH]1)NCC(C)Oc1ccccc1C.I. The zero-order valence-electron chi connectivity index (χ0n) is 14.4. The van der Waals surface area contributed by atoms with Gasteiger partial charge in [0.1, 0.15) is 11.9 Å². The number of aromatic amines is 1. The second kappa shape index (κ2) is 10.9. The van der Waals surface area contributed by atoms with E-state index in [1.165, 1.54) is 0 Å². The molecular weight excluding hydrogens is 417 g/mol. The minimum Gasteiger partial charge on any atom is -0.489 e. The van der Waals surface area contributed by atoms with Gasteiger partial charge in [0.15, 0.2) is 5.96 Å². The van der Waals surface area contributed by atoms with Crippen molar-refractivity contribution in [3.05, 3.63) is 47.8 Å². The second-order valence-electron chi connectivity index (χ2n) is 5.35. The number of nitrogens with zero attached hydrogens (tertiary/aromatic N) is 2. The molecule has 2 aromatic rings. The average molecular weight is 443 g/mol. The zero-order valence-corrected chi connectivity index (χ0v) is 16.7. The summed E-state index contributed by atoms with van der Waals surface area (Å²) in [5.74, 6) is 1.68. The third-order valence-electron chi connectivity index (χ3n) is 3.29. The Morgan fingerprint density at radius 3 is 2.75 bits per heavy atom. The van der Waals surface area contributed by atoms with E-state index >= 15 is 0 Å². The number of halogens is 1. The van der Waals surface area contributed by atoms with Gasteiger partial charge in [-0.15, -0.1) is 24.0 Å². The van der Waals surface area contributed by atoms with Crippen LogP contribution in [0.5, 0.6) is 5.75 Å². The van der Waals surface area contributed by atoms with Crippen LogP contribution in [0.15, 0.2) is 41.5 Å². The van der Waals surface area contributed by atoms with E-state index in [4.69, 9.17) is 4.74 Å². The summed E-state index contributed by atoms with van der Waals surface area (Å²) in [6.07, 6.45) is 1.76. The number of aromatic nitrogens is 2. The van der Waals surface area contributed by atoms with Crippen LogP contribution >= 0.6 is 24.0 Å². The fraction of sp³-hybridized carbons (Fsp3) is 0.412. The van der Waals surface area contributed by atoms with Crippen molar-refractivity contribution in [2.24, 2.45) is 4.99 Å². The summed E-state index contributed by atoms with van der Waals surface area (Å²) < 4.78 is 5.96. The maximum absolute atomic E-state index is 5.96. The molecule has 0 bridgehead atoms. The first-order valence-electron chi connectivity index (χ1n) is 7.91. The summed E-state index contributed by atoms with van der Waals surface area (Å²) in [5, 5.41) is 13.3. The highest BCUT2D eigenvalue weighted by molar-refractivity contribution is 14.0. The smallest absolute Gasteiger partial charge is 0.191 e. The number of guanidine groups is 1. The van der Waals surface area contributed by atoms with Crippen LogP contribution in [-0.2, 0) is 6.54 Å². The molecule has 2 rings (SSSR count). The van der Waals surface area contributed by atoms with Gasteiger partial charge < -0.3 is 15.4 Å². The van der Waals surface area contributed by atoms with E-state index in [-0.39, 0.29) is 30.1 Å². The van der Waals surface area contributed by atoms with Crippen LogP contribution in [0.3, 0.4) is 0 Å². The average Bonchev–Trinajstić information content (AvgIpc) is 3.06. The van der Waals surface area contributed by atoms with Crippen molar-refractivity contribution in [1.29, 1.82) is 0 Å². The fourth-order valence-electron chi connectivity index (χ4n) is 2.07. The first-order chi connectivity index (χ1) is 11.2. The predicted molar refractivity (Wildman–Crippen MR) is 108 cm³/mol. The molecule has 24 heavy (non-hydrogen) atoms. The molecule has 0 saturated heterocycles. The number of rotatable bonds is 7. The van der Waals surface area contributed by atoms with Crippen LogP contribution in [0.1, 0.15) is 25.1 Å². The Morgan fingerprint density at radius 1 is 1.29 bits per heavy atom. The van der Waals surface area contributed by atoms with Crippen LogP contribution in [0, 0.1) is 6.92 Å². The minimum atomic E-state index is 0. The van der Waals surface area contributed by atoms with Gasteiger partial charge in [-0.05, 0) is 38.5 Å². The third-order valence-corrected chi connectivity index (χ3v) is 3.29. The van der Waals surface area contributed by atoms with Crippen LogP contribution in [-0.4, -0.2) is 35.4 Å². The Balaban J connectivity index is 0.00000288. The van der Waals surface area contributed by atoms with Gasteiger partial charge in [0.05, 0.1) is 18.8 Å². The molecule has 3 N–H and O–H groups in total. The lowest BCUT2D eigenvalue weighted by Crippen LogP contribution is -2.41. The standard InChI is InChI=1S/C17H25N5O.HI/c1-4-18-17(20-12-15-9-10-21-22-15)19-11-14(3)23-16-8-6-5-7-13(16)2;/h5-10,14H,4,11-12H2,1-3H3,(H,21,22)(H2,18,19,20);1H. The highest BCUT2D eigenvalue weighted by atomic mass is 127. The topological polar surface area (TPSA) is 74.3 Å². The van der Waals surface area contributed by atoms with Crippen molar-refractivity contribution < 1.29 is 4.74 Å². The largest absolute Gasteiger partial charge is 0.489 e. The molecule has 0 saturated carbocycles. The van der Waals surface area contributed by atoms with Crippen LogP contribution in [0.4, 0.5) is 0 Å². The number of ether oxygens (including phenoxy) is 1. The summed E-state index contributed by atoms with van der Waals surface area (Å²) in [6.45, 7) is 8.16. The molecule has 0 aliphatic rings. The highest BCUT2D eigenvalue weighted by Crippen LogP contribution is 2.17. The summed E-state index contributed by atoms with van der Waals surface area (Å²) in [5.41, 5.74) is 2.12. The zero-order chi connectivity index (χ0) is 16.5. The minimum absolute atomic E-state index is 0. The molecule has 0 spiro atoms. The van der Waals surface area contributed by atoms with E-state index in [0.717, 1.165) is 29.5 Å². The molecule has 7 heteroatoms. The van der Waals surface area contributed by atoms with Crippen molar-refractivity contribution in [3.8, 4) is 5.75 Å². The van der Waals surface area contributed by atoms with Gasteiger partial charge in [0.2, 0.25) is 0 Å². The van der Waals surface area contributed by atoms with E-state index in [2.05, 4.69) is 25.8 Å². The number of nitrogens with one attached hydrogen (secondary N) is 3. The van der Waals surface area contributed by atoms with Crippen molar-refractivity contribution >= 4 is 29.9 Å². The van der Waals surface area contributed by atoms with Gasteiger partial charge in [-0.2, -0.15) is 5.10 Å². The molecule has 0 radical (unpaired) electrons. The van der Waals surface area contributed by atoms with E-state index in [1.807, 2.05) is 51.1 Å². The van der Waals surface area contributed by atoms with Crippen molar-refractivity contribution in [2.75, 3.05) is 13.1 Å². The quantitative estimate of drug-likeness (QED) is 0.350. The van der Waals surface area contributed by atoms with Gasteiger partial charge in [-0.1, -0.05) is 18.2 Å². The predicted octanol–water partition coefficient (Wildman–Crippen LogP) is 2.86. The Labute approximate surface area is 160 Å². The molecule has 0 amide bonds. The number of H-pyrrole nitrogens is 1. The molecule has 0 fully saturated rings. The van der Waals surface area contributed by atoms with Crippen molar-refractivity contribution in [1.82, 2.24) is 20.8 Å². The number of aryl methyl sites for hydroxylation is 1. The molecule has 1 unspecified atom stereocenters. The number of para-hydroxylation sites is 1. The molecule has 1 aromatic heterocycles. The lowest BCUT2D eigenvalue weighted by Gasteiger charge is -2.18. The second-order valence-corrected chi connectivity index (χ2v) is 5.35. The van der Waals surface area contributed by atoms with Gasteiger partial charge >= 0.3 is 0 Å². The highest BCUT2D eigenvalue weighted by Gasteiger charge is 2.07. The van der Waals surface area contributed by atoms with Gasteiger partial charge in [0, 0.05) is 12.7 Å². The van der Waals surface area contributed by atoms with E-state index in [9.17, 15) is 0 Å². The molecule has 1 aromatic carbocycles. The summed E-state index contributed by atoms with van der Waals surface area (Å²) in [6, 6.07) is 9.95. The Bertz CT molecular complexity index is 615. The van der Waals surface area contributed by atoms with E-state index in [1.54, 1.807) is 6.20 Å². The fourth-order valence-corrected chi connectivity index (χ4v) is 2.07. The molecule has 132 valence electrons. The third kappa shape index (κ3) is 6.77. The summed E-state index contributed by atoms with van der Waals surface area (Å²) in [4.78, 5) is 4.52. The van der Waals surface area contributed by atoms with Crippen LogP contribution in [0.25, 0.3) is 0 Å². The summed E-state index contributed by atoms with van der Waals surface area (Å²) >= 11 is 0. The molecule has 1 atom stereocenters. The normalized spacial score (nSPS) is 12.2. The van der Waals surface area contributed by atoms with E-state index < -0.39 is 0 Å². The Hall–Kier alpha value is -1.77.